The van der Waals surface area contributed by atoms with Gasteiger partial charge in [0.1, 0.15) is 0 Å². The molecule has 2 atom stereocenters. The van der Waals surface area contributed by atoms with Crippen LogP contribution in [-0.2, 0) is 4.74 Å². The normalized spacial score (nSPS) is 32.8. The summed E-state index contributed by atoms with van der Waals surface area (Å²) in [5, 5.41) is 0. The summed E-state index contributed by atoms with van der Waals surface area (Å²) in [5.74, 6) is 0. The van der Waals surface area contributed by atoms with Crippen LogP contribution in [-0.4, -0.2) is 67.3 Å². The molecule has 2 saturated heterocycles. The number of ether oxygens (including phenoxy) is 1. The van der Waals surface area contributed by atoms with E-state index in [0.29, 0.717) is 18.7 Å². The number of likely N-dealkylation sites (N-methyl/N-ethyl adjacent to an activating group) is 1. The van der Waals surface area contributed by atoms with Crippen molar-refractivity contribution in [3.05, 3.63) is 0 Å². The molecule has 4 nitrogen and oxygen atoms in total. The van der Waals surface area contributed by atoms with Crippen LogP contribution in [0.1, 0.15) is 26.7 Å². The van der Waals surface area contributed by atoms with Gasteiger partial charge in [0.25, 0.3) is 0 Å². The maximum Gasteiger partial charge on any atom is 0.0743 e. The third-order valence-corrected chi connectivity index (χ3v) is 4.45. The van der Waals surface area contributed by atoms with E-state index in [2.05, 4.69) is 30.7 Å². The zero-order chi connectivity index (χ0) is 12.5. The Hall–Kier alpha value is -0.160. The first-order valence-electron chi connectivity index (χ1n) is 6.81. The van der Waals surface area contributed by atoms with E-state index in [1.165, 1.54) is 12.8 Å². The summed E-state index contributed by atoms with van der Waals surface area (Å²) in [4.78, 5) is 4.97. The molecule has 2 unspecified atom stereocenters. The lowest BCUT2D eigenvalue weighted by molar-refractivity contribution is -0.0288. The zero-order valence-corrected chi connectivity index (χ0v) is 11.5. The fraction of sp³-hybridized carbons (Fsp3) is 1.00. The van der Waals surface area contributed by atoms with Gasteiger partial charge < -0.3 is 10.5 Å². The van der Waals surface area contributed by atoms with Crippen molar-refractivity contribution in [1.29, 1.82) is 0 Å². The van der Waals surface area contributed by atoms with Gasteiger partial charge in [-0.2, -0.15) is 0 Å². The van der Waals surface area contributed by atoms with Crippen LogP contribution < -0.4 is 5.73 Å². The molecule has 0 saturated carbocycles. The van der Waals surface area contributed by atoms with Gasteiger partial charge in [-0.15, -0.1) is 0 Å². The number of hydrogen-bond donors (Lipinski definition) is 1. The van der Waals surface area contributed by atoms with Crippen molar-refractivity contribution >= 4 is 0 Å². The summed E-state index contributed by atoms with van der Waals surface area (Å²) in [6, 6.07) is 0.408. The van der Waals surface area contributed by atoms with Crippen molar-refractivity contribution < 1.29 is 4.74 Å². The molecule has 2 rings (SSSR count). The summed E-state index contributed by atoms with van der Waals surface area (Å²) < 4.78 is 5.82. The van der Waals surface area contributed by atoms with Gasteiger partial charge in [-0.05, 0) is 33.7 Å². The molecule has 4 heteroatoms. The number of hydrogen-bond acceptors (Lipinski definition) is 4. The monoisotopic (exact) mass is 241 g/mol. The second-order valence-electron chi connectivity index (χ2n) is 6.06. The third-order valence-electron chi connectivity index (χ3n) is 4.45. The topological polar surface area (TPSA) is 41.7 Å². The van der Waals surface area contributed by atoms with Gasteiger partial charge in [0.2, 0.25) is 0 Å². The van der Waals surface area contributed by atoms with E-state index in [1.54, 1.807) is 0 Å². The highest BCUT2D eigenvalue weighted by Gasteiger charge is 2.37. The average Bonchev–Trinajstić information content (AvgIpc) is 2.77. The van der Waals surface area contributed by atoms with Crippen LogP contribution in [0.25, 0.3) is 0 Å². The summed E-state index contributed by atoms with van der Waals surface area (Å²) in [6.07, 6.45) is 2.73. The highest BCUT2D eigenvalue weighted by atomic mass is 16.5. The van der Waals surface area contributed by atoms with Gasteiger partial charge in [0.05, 0.1) is 6.10 Å². The van der Waals surface area contributed by atoms with Crippen molar-refractivity contribution in [2.24, 2.45) is 5.73 Å². The molecule has 100 valence electrons. The smallest absolute Gasteiger partial charge is 0.0743 e. The standard InChI is InChI=1S/C13H27N3O/c1-13(2)10-16(7-6-15(13)3)11(9-14)12-5-4-8-17-12/h11-12H,4-10,14H2,1-3H3. The van der Waals surface area contributed by atoms with E-state index >= 15 is 0 Å². The Labute approximate surface area is 105 Å². The van der Waals surface area contributed by atoms with Crippen LogP contribution >= 0.6 is 0 Å². The molecule has 0 radical (unpaired) electrons. The minimum atomic E-state index is 0.240. The summed E-state index contributed by atoms with van der Waals surface area (Å²) in [6.45, 7) is 9.57. The number of piperazine rings is 1. The molecule has 17 heavy (non-hydrogen) atoms. The highest BCUT2D eigenvalue weighted by molar-refractivity contribution is 4.94. The molecule has 0 spiro atoms. The molecule has 0 bridgehead atoms. The van der Waals surface area contributed by atoms with Crippen LogP contribution in [0.15, 0.2) is 0 Å². The highest BCUT2D eigenvalue weighted by Crippen LogP contribution is 2.25. The van der Waals surface area contributed by atoms with E-state index in [0.717, 1.165) is 26.2 Å². The zero-order valence-electron chi connectivity index (χ0n) is 11.5. The Morgan fingerprint density at radius 2 is 2.18 bits per heavy atom. The third kappa shape index (κ3) is 2.81. The summed E-state index contributed by atoms with van der Waals surface area (Å²) >= 11 is 0. The maximum absolute atomic E-state index is 5.97. The molecular weight excluding hydrogens is 214 g/mol. The molecule has 0 aromatic heterocycles. The van der Waals surface area contributed by atoms with Gasteiger partial charge in [-0.1, -0.05) is 0 Å². The number of nitrogens with zero attached hydrogens (tertiary/aromatic N) is 2. The first-order chi connectivity index (χ1) is 8.04. The molecule has 2 N–H and O–H groups in total. The molecule has 0 amide bonds. The van der Waals surface area contributed by atoms with Gasteiger partial charge in [-0.3, -0.25) is 9.80 Å². The molecule has 2 aliphatic heterocycles. The molecule has 2 heterocycles. The van der Waals surface area contributed by atoms with Crippen LogP contribution in [0, 0.1) is 0 Å². The van der Waals surface area contributed by atoms with E-state index in [9.17, 15) is 0 Å². The summed E-state index contributed by atoms with van der Waals surface area (Å²) in [5.41, 5.74) is 6.21. The Bertz CT molecular complexity index is 251. The Morgan fingerprint density at radius 1 is 1.41 bits per heavy atom. The van der Waals surface area contributed by atoms with Crippen molar-refractivity contribution in [3.63, 3.8) is 0 Å². The second kappa shape index (κ2) is 5.22. The molecule has 2 aliphatic rings. The predicted octanol–water partition coefficient (Wildman–Crippen LogP) is 0.519. The predicted molar refractivity (Wildman–Crippen MR) is 70.1 cm³/mol. The van der Waals surface area contributed by atoms with Crippen molar-refractivity contribution in [2.75, 3.05) is 39.8 Å². The molecule has 0 aromatic carbocycles. The molecular formula is C13H27N3O. The molecule has 2 fully saturated rings. The van der Waals surface area contributed by atoms with Crippen molar-refractivity contribution in [3.8, 4) is 0 Å². The van der Waals surface area contributed by atoms with Crippen LogP contribution in [0.5, 0.6) is 0 Å². The molecule has 0 aliphatic carbocycles. The van der Waals surface area contributed by atoms with Crippen LogP contribution in [0.4, 0.5) is 0 Å². The lowest BCUT2D eigenvalue weighted by Gasteiger charge is -2.48. The van der Waals surface area contributed by atoms with Gasteiger partial charge in [0.15, 0.2) is 0 Å². The van der Waals surface area contributed by atoms with Crippen molar-refractivity contribution in [1.82, 2.24) is 9.80 Å². The Morgan fingerprint density at radius 3 is 2.71 bits per heavy atom. The fourth-order valence-electron chi connectivity index (χ4n) is 3.00. The lowest BCUT2D eigenvalue weighted by Crippen LogP contribution is -2.62. The number of nitrogens with two attached hydrogens (primary N) is 1. The SMILES string of the molecule is CN1CCN(C(CN)C2CCCO2)CC1(C)C. The summed E-state index contributed by atoms with van der Waals surface area (Å²) in [7, 11) is 2.21. The fourth-order valence-corrected chi connectivity index (χ4v) is 3.00. The van der Waals surface area contributed by atoms with Crippen molar-refractivity contribution in [2.45, 2.75) is 44.4 Å². The second-order valence-corrected chi connectivity index (χ2v) is 6.06. The number of rotatable bonds is 3. The van der Waals surface area contributed by atoms with E-state index in [-0.39, 0.29) is 5.54 Å². The van der Waals surface area contributed by atoms with Crippen LogP contribution in [0.2, 0.25) is 0 Å². The maximum atomic E-state index is 5.97. The molecule has 0 aromatic rings. The lowest BCUT2D eigenvalue weighted by atomic mass is 9.96. The average molecular weight is 241 g/mol. The first-order valence-corrected chi connectivity index (χ1v) is 6.81. The van der Waals surface area contributed by atoms with E-state index in [1.807, 2.05) is 0 Å². The first kappa shape index (κ1) is 13.3. The van der Waals surface area contributed by atoms with E-state index in [4.69, 9.17) is 10.5 Å². The van der Waals surface area contributed by atoms with Crippen LogP contribution in [0.3, 0.4) is 0 Å². The minimum Gasteiger partial charge on any atom is -0.377 e. The minimum absolute atomic E-state index is 0.240. The van der Waals surface area contributed by atoms with Gasteiger partial charge in [-0.25, -0.2) is 0 Å². The van der Waals surface area contributed by atoms with E-state index < -0.39 is 0 Å². The largest absolute Gasteiger partial charge is 0.377 e. The quantitative estimate of drug-likeness (QED) is 0.782. The Balaban J connectivity index is 2.00. The van der Waals surface area contributed by atoms with Gasteiger partial charge >= 0.3 is 0 Å². The Kier molecular flexibility index (Phi) is 4.08. The van der Waals surface area contributed by atoms with Gasteiger partial charge in [0, 0.05) is 44.4 Å².